The fourth-order valence-corrected chi connectivity index (χ4v) is 4.56. The fourth-order valence-electron chi connectivity index (χ4n) is 2.86. The van der Waals surface area contributed by atoms with Gasteiger partial charge in [-0.15, -0.1) is 0 Å². The SMILES string of the molecule is N[C@@H](CCCCNC(=O)OCCSSc1ccccn1)C(=O)N[C@@H](Cc1ccccc1)C(=O)O. The molecule has 2 amide bonds. The summed E-state index contributed by atoms with van der Waals surface area (Å²) in [7, 11) is 3.08. The molecule has 5 N–H and O–H groups in total. The number of amides is 2. The predicted octanol–water partition coefficient (Wildman–Crippen LogP) is 2.86. The summed E-state index contributed by atoms with van der Waals surface area (Å²) in [6, 6.07) is 12.9. The lowest BCUT2D eigenvalue weighted by Gasteiger charge is -2.18. The normalized spacial score (nSPS) is 12.4. The Labute approximate surface area is 207 Å². The number of alkyl carbamates (subject to hydrolysis) is 1. The molecule has 0 aliphatic rings. The van der Waals surface area contributed by atoms with Crippen molar-refractivity contribution in [3.8, 4) is 0 Å². The van der Waals surface area contributed by atoms with E-state index in [9.17, 15) is 19.5 Å². The first kappa shape index (κ1) is 27.5. The highest BCUT2D eigenvalue weighted by Crippen LogP contribution is 2.28. The van der Waals surface area contributed by atoms with Crippen LogP contribution in [0.5, 0.6) is 0 Å². The second kappa shape index (κ2) is 16.0. The van der Waals surface area contributed by atoms with Crippen LogP contribution in [0.15, 0.2) is 59.8 Å². The van der Waals surface area contributed by atoms with Crippen molar-refractivity contribution in [2.75, 3.05) is 18.9 Å². The minimum Gasteiger partial charge on any atom is -0.480 e. The third-order valence-electron chi connectivity index (χ3n) is 4.63. The Morgan fingerprint density at radius 1 is 1.09 bits per heavy atom. The number of nitrogens with one attached hydrogen (secondary N) is 2. The van der Waals surface area contributed by atoms with E-state index in [4.69, 9.17) is 10.5 Å². The molecule has 2 aromatic rings. The van der Waals surface area contributed by atoms with Crippen LogP contribution >= 0.6 is 21.6 Å². The van der Waals surface area contributed by atoms with E-state index in [0.717, 1.165) is 10.6 Å². The first-order valence-corrected chi connectivity index (χ1v) is 13.2. The third-order valence-corrected chi connectivity index (χ3v) is 6.86. The van der Waals surface area contributed by atoms with Gasteiger partial charge in [0.15, 0.2) is 0 Å². The quantitative estimate of drug-likeness (QED) is 0.212. The highest BCUT2D eigenvalue weighted by Gasteiger charge is 2.23. The van der Waals surface area contributed by atoms with Crippen molar-refractivity contribution in [1.82, 2.24) is 15.6 Å². The first-order valence-electron chi connectivity index (χ1n) is 10.9. The van der Waals surface area contributed by atoms with Gasteiger partial charge in [0.05, 0.1) is 6.04 Å². The molecule has 9 nitrogen and oxygen atoms in total. The Balaban J connectivity index is 1.53. The minimum atomic E-state index is -1.11. The van der Waals surface area contributed by atoms with Crippen LogP contribution in [0.25, 0.3) is 0 Å². The number of aromatic nitrogens is 1. The average Bonchev–Trinajstić information content (AvgIpc) is 2.84. The largest absolute Gasteiger partial charge is 0.480 e. The summed E-state index contributed by atoms with van der Waals surface area (Å²) in [5.41, 5.74) is 6.72. The zero-order chi connectivity index (χ0) is 24.6. The molecule has 0 aliphatic heterocycles. The van der Waals surface area contributed by atoms with E-state index in [1.165, 1.54) is 10.8 Å². The molecule has 0 aliphatic carbocycles. The van der Waals surface area contributed by atoms with Crippen LogP contribution in [0, 0.1) is 0 Å². The minimum absolute atomic E-state index is 0.182. The Bertz CT molecular complexity index is 889. The van der Waals surface area contributed by atoms with Gasteiger partial charge in [0, 0.05) is 24.9 Å². The number of hydrogen-bond acceptors (Lipinski definition) is 8. The highest BCUT2D eigenvalue weighted by molar-refractivity contribution is 8.76. The molecule has 0 radical (unpaired) electrons. The number of carboxylic acid groups (broad SMARTS) is 1. The average molecular weight is 507 g/mol. The fraction of sp³-hybridized carbons (Fsp3) is 0.391. The maximum absolute atomic E-state index is 12.3. The highest BCUT2D eigenvalue weighted by atomic mass is 33.1. The number of nitrogens with zero attached hydrogens (tertiary/aromatic N) is 1. The zero-order valence-electron chi connectivity index (χ0n) is 18.7. The van der Waals surface area contributed by atoms with E-state index in [1.807, 2.05) is 36.4 Å². The van der Waals surface area contributed by atoms with Crippen molar-refractivity contribution in [2.24, 2.45) is 5.73 Å². The molecule has 34 heavy (non-hydrogen) atoms. The van der Waals surface area contributed by atoms with Crippen LogP contribution in [0.1, 0.15) is 24.8 Å². The second-order valence-corrected chi connectivity index (χ2v) is 9.76. The Morgan fingerprint density at radius 2 is 1.85 bits per heavy atom. The second-order valence-electron chi connectivity index (χ2n) is 7.33. The lowest BCUT2D eigenvalue weighted by molar-refractivity contribution is -0.142. The van der Waals surface area contributed by atoms with Gasteiger partial charge in [0.1, 0.15) is 17.7 Å². The van der Waals surface area contributed by atoms with Gasteiger partial charge in [0.2, 0.25) is 5.91 Å². The van der Waals surface area contributed by atoms with Crippen molar-refractivity contribution in [3.63, 3.8) is 0 Å². The van der Waals surface area contributed by atoms with Crippen molar-refractivity contribution in [2.45, 2.75) is 42.8 Å². The van der Waals surface area contributed by atoms with E-state index < -0.39 is 30.1 Å². The number of carbonyl (C=O) groups is 3. The molecule has 0 bridgehead atoms. The van der Waals surface area contributed by atoms with E-state index >= 15 is 0 Å². The van der Waals surface area contributed by atoms with Gasteiger partial charge in [-0.05, 0) is 47.8 Å². The Kier molecular flexibility index (Phi) is 12.9. The van der Waals surface area contributed by atoms with Crippen LogP contribution in [0.3, 0.4) is 0 Å². The summed E-state index contributed by atoms with van der Waals surface area (Å²) < 4.78 is 5.11. The molecule has 0 fully saturated rings. The Hall–Kier alpha value is -2.76. The van der Waals surface area contributed by atoms with Crippen LogP contribution in [-0.4, -0.2) is 59.0 Å². The number of benzene rings is 1. The number of pyridine rings is 1. The van der Waals surface area contributed by atoms with Gasteiger partial charge in [-0.3, -0.25) is 4.79 Å². The summed E-state index contributed by atoms with van der Waals surface area (Å²) in [6.45, 7) is 0.684. The molecular formula is C23H30N4O5S2. The number of unbranched alkanes of at least 4 members (excludes halogenated alkanes) is 1. The lowest BCUT2D eigenvalue weighted by Crippen LogP contribution is -2.49. The number of aliphatic carboxylic acids is 1. The topological polar surface area (TPSA) is 144 Å². The summed E-state index contributed by atoms with van der Waals surface area (Å²) in [4.78, 5) is 39.7. The molecule has 11 heteroatoms. The van der Waals surface area contributed by atoms with Gasteiger partial charge in [-0.25, -0.2) is 14.6 Å². The molecule has 1 heterocycles. The number of hydrogen-bond donors (Lipinski definition) is 4. The number of ether oxygens (including phenoxy) is 1. The molecule has 184 valence electrons. The van der Waals surface area contributed by atoms with Crippen LogP contribution < -0.4 is 16.4 Å². The smallest absolute Gasteiger partial charge is 0.407 e. The number of carboxylic acids is 1. The van der Waals surface area contributed by atoms with Gasteiger partial charge < -0.3 is 26.2 Å². The molecule has 0 spiro atoms. The zero-order valence-corrected chi connectivity index (χ0v) is 20.4. The number of nitrogens with two attached hydrogens (primary N) is 1. The molecule has 1 aromatic carbocycles. The molecule has 0 saturated heterocycles. The summed E-state index contributed by atoms with van der Waals surface area (Å²) in [6.07, 6.45) is 3.01. The van der Waals surface area contributed by atoms with Gasteiger partial charge in [0.25, 0.3) is 0 Å². The first-order chi connectivity index (χ1) is 16.5. The van der Waals surface area contributed by atoms with Crippen molar-refractivity contribution in [1.29, 1.82) is 0 Å². The van der Waals surface area contributed by atoms with Crippen LogP contribution in [-0.2, 0) is 20.7 Å². The summed E-state index contributed by atoms with van der Waals surface area (Å²) >= 11 is 0. The Morgan fingerprint density at radius 3 is 2.56 bits per heavy atom. The molecular weight excluding hydrogens is 476 g/mol. The monoisotopic (exact) mass is 506 g/mol. The van der Waals surface area contributed by atoms with Crippen molar-refractivity contribution >= 4 is 39.6 Å². The number of rotatable bonds is 15. The van der Waals surface area contributed by atoms with Gasteiger partial charge >= 0.3 is 12.1 Å². The molecule has 2 atom stereocenters. The molecule has 0 saturated carbocycles. The van der Waals surface area contributed by atoms with E-state index in [-0.39, 0.29) is 13.0 Å². The number of carbonyl (C=O) groups excluding carboxylic acids is 2. The summed E-state index contributed by atoms with van der Waals surface area (Å²) in [5.74, 6) is -0.974. The third kappa shape index (κ3) is 11.4. The van der Waals surface area contributed by atoms with Crippen molar-refractivity contribution < 1.29 is 24.2 Å². The van der Waals surface area contributed by atoms with Gasteiger partial charge in [-0.2, -0.15) is 0 Å². The van der Waals surface area contributed by atoms with Gasteiger partial charge in [-0.1, -0.05) is 47.2 Å². The standard InChI is InChI=1S/C23H30N4O5S2/c24-18(21(28)27-19(22(29)30)16-17-8-2-1-3-9-17)10-4-6-13-26-23(31)32-14-15-33-34-20-11-5-7-12-25-20/h1-3,5,7-9,11-12,18-19H,4,6,10,13-16,24H2,(H,26,31)(H,27,28)(H,29,30)/t18-,19-/m0/s1. The molecule has 0 unspecified atom stereocenters. The molecule has 1 aromatic heterocycles. The van der Waals surface area contributed by atoms with E-state index in [2.05, 4.69) is 15.6 Å². The molecule has 2 rings (SSSR count). The van der Waals surface area contributed by atoms with E-state index in [1.54, 1.807) is 29.1 Å². The van der Waals surface area contributed by atoms with Crippen LogP contribution in [0.2, 0.25) is 0 Å². The maximum Gasteiger partial charge on any atom is 0.407 e. The summed E-state index contributed by atoms with van der Waals surface area (Å²) in [5, 5.41) is 15.5. The maximum atomic E-state index is 12.3. The predicted molar refractivity (Wildman–Crippen MR) is 133 cm³/mol. The van der Waals surface area contributed by atoms with Crippen LogP contribution in [0.4, 0.5) is 4.79 Å². The van der Waals surface area contributed by atoms with E-state index in [0.29, 0.717) is 31.6 Å². The lowest BCUT2D eigenvalue weighted by atomic mass is 10.0. The van der Waals surface area contributed by atoms with Crippen molar-refractivity contribution in [3.05, 3.63) is 60.3 Å².